The van der Waals surface area contributed by atoms with Gasteiger partial charge in [0.2, 0.25) is 11.7 Å². The van der Waals surface area contributed by atoms with Crippen LogP contribution in [0.4, 0.5) is 0 Å². The van der Waals surface area contributed by atoms with Gasteiger partial charge in [-0.1, -0.05) is 18.2 Å². The molecule has 1 aliphatic rings. The van der Waals surface area contributed by atoms with Crippen LogP contribution in [0.5, 0.6) is 34.5 Å². The van der Waals surface area contributed by atoms with Gasteiger partial charge in [0.05, 0.1) is 6.42 Å². The summed E-state index contributed by atoms with van der Waals surface area (Å²) in [7, 11) is 0. The lowest BCUT2D eigenvalue weighted by atomic mass is 9.79. The second-order valence-electron chi connectivity index (χ2n) is 12.3. The molecule has 57 heavy (non-hydrogen) atoms. The molecule has 3 unspecified atom stereocenters. The van der Waals surface area contributed by atoms with Crippen molar-refractivity contribution in [3.8, 4) is 34.5 Å². The Kier molecular flexibility index (Phi) is 13.5. The molecule has 0 spiro atoms. The van der Waals surface area contributed by atoms with Gasteiger partial charge >= 0.3 is 35.8 Å². The molecule has 19 nitrogen and oxygen atoms in total. The lowest BCUT2D eigenvalue weighted by Gasteiger charge is -2.42. The predicted molar refractivity (Wildman–Crippen MR) is 190 cm³/mol. The number of rotatable bonds is 14. The molecule has 3 atom stereocenters. The van der Waals surface area contributed by atoms with E-state index in [1.807, 2.05) is 0 Å². The van der Waals surface area contributed by atoms with Crippen molar-refractivity contribution in [3.05, 3.63) is 89.5 Å². The highest BCUT2D eigenvalue weighted by atomic mass is 16.6. The maximum absolute atomic E-state index is 13.1. The Labute approximate surface area is 320 Å². The maximum atomic E-state index is 13.1. The van der Waals surface area contributed by atoms with E-state index in [2.05, 4.69) is 0 Å². The molecule has 9 N–H and O–H groups in total. The van der Waals surface area contributed by atoms with Crippen molar-refractivity contribution in [2.24, 2.45) is 0 Å². The van der Waals surface area contributed by atoms with Crippen LogP contribution in [-0.4, -0.2) is 112 Å². The van der Waals surface area contributed by atoms with Gasteiger partial charge in [0.15, 0.2) is 34.5 Å². The first kappa shape index (κ1) is 42.2. The number of carbonyl (C=O) groups is 6. The lowest BCUT2D eigenvalue weighted by Crippen LogP contribution is -2.60. The number of carbonyl (C=O) groups excluding carboxylic acids is 4. The lowest BCUT2D eigenvalue weighted by molar-refractivity contribution is -0.214. The minimum absolute atomic E-state index is 0.187. The Balaban J connectivity index is 1.55. The molecule has 0 aromatic heterocycles. The zero-order valence-corrected chi connectivity index (χ0v) is 29.2. The number of ether oxygens (including phenoxy) is 4. The number of aromatic hydroxyl groups is 6. The zero-order valence-electron chi connectivity index (χ0n) is 29.2. The van der Waals surface area contributed by atoms with Gasteiger partial charge in [-0.25, -0.2) is 24.0 Å². The Morgan fingerprint density at radius 3 is 1.35 bits per heavy atom. The smallest absolute Gasteiger partial charge is 0.348 e. The van der Waals surface area contributed by atoms with E-state index in [0.29, 0.717) is 0 Å². The fraction of sp³-hybridized carbons (Fsp3) is 0.211. The number of aliphatic hydroxyl groups is 1. The molecule has 0 bridgehead atoms. The van der Waals surface area contributed by atoms with Crippen molar-refractivity contribution in [3.63, 3.8) is 0 Å². The summed E-state index contributed by atoms with van der Waals surface area (Å²) in [5.41, 5.74) is -2.18. The highest BCUT2D eigenvalue weighted by Crippen LogP contribution is 2.37. The number of hydrogen-bond acceptors (Lipinski definition) is 17. The summed E-state index contributed by atoms with van der Waals surface area (Å²) >= 11 is 0. The SMILES string of the molecule is O=C(C=Cc1ccc(O)c(O)c1)OC(CC(=O)OC1(C(=O)O)CC(OC(=O)C=Cc2ccc(O)c(O)c2)C(O)C(OC(=O)C=Cc2ccc(O)c(O)c2)C1)C(=O)O. The molecule has 3 aromatic rings. The van der Waals surface area contributed by atoms with E-state index in [1.54, 1.807) is 0 Å². The summed E-state index contributed by atoms with van der Waals surface area (Å²) < 4.78 is 20.6. The molecule has 3 aromatic carbocycles. The monoisotopic (exact) mass is 794 g/mol. The number of hydrogen-bond donors (Lipinski definition) is 9. The molecule has 1 saturated carbocycles. The molecule has 0 radical (unpaired) electrons. The van der Waals surface area contributed by atoms with E-state index >= 15 is 0 Å². The van der Waals surface area contributed by atoms with Crippen LogP contribution >= 0.6 is 0 Å². The summed E-state index contributed by atoms with van der Waals surface area (Å²) in [5, 5.41) is 88.6. The van der Waals surface area contributed by atoms with Gasteiger partial charge in [0.25, 0.3) is 0 Å². The molecular formula is C38H34O19. The average Bonchev–Trinajstić information content (AvgIpc) is 3.14. The highest BCUT2D eigenvalue weighted by Gasteiger charge is 2.56. The van der Waals surface area contributed by atoms with Gasteiger partial charge in [-0.2, -0.15) is 0 Å². The number of phenolic OH excluding ortho intramolecular Hbond substituents is 6. The van der Waals surface area contributed by atoms with Crippen LogP contribution in [0, 0.1) is 0 Å². The van der Waals surface area contributed by atoms with E-state index in [9.17, 15) is 74.7 Å². The highest BCUT2D eigenvalue weighted by molar-refractivity contribution is 5.91. The summed E-state index contributed by atoms with van der Waals surface area (Å²) in [6.07, 6.45) is -5.43. The molecule has 1 aliphatic carbocycles. The molecule has 0 saturated heterocycles. The van der Waals surface area contributed by atoms with Gasteiger partial charge in [-0.15, -0.1) is 0 Å². The van der Waals surface area contributed by atoms with Crippen molar-refractivity contribution in [1.29, 1.82) is 0 Å². The van der Waals surface area contributed by atoms with E-state index in [4.69, 9.17) is 18.9 Å². The molecule has 0 amide bonds. The molecule has 0 aliphatic heterocycles. The van der Waals surface area contributed by atoms with E-state index in [0.717, 1.165) is 72.9 Å². The summed E-state index contributed by atoms with van der Waals surface area (Å²) in [6, 6.07) is 10.5. The topological polar surface area (TPSA) is 321 Å². The molecule has 19 heteroatoms. The number of aliphatic carboxylic acids is 2. The maximum Gasteiger partial charge on any atom is 0.348 e. The van der Waals surface area contributed by atoms with Crippen molar-refractivity contribution in [2.75, 3.05) is 0 Å². The normalized spacial score (nSPS) is 19.8. The van der Waals surface area contributed by atoms with Gasteiger partial charge in [-0.05, 0) is 71.3 Å². The summed E-state index contributed by atoms with van der Waals surface area (Å²) in [6.45, 7) is 0. The fourth-order valence-corrected chi connectivity index (χ4v) is 5.31. The van der Waals surface area contributed by atoms with Gasteiger partial charge in [-0.3, -0.25) is 4.79 Å². The molecule has 4 rings (SSSR count). The van der Waals surface area contributed by atoms with Gasteiger partial charge < -0.3 is 64.9 Å². The Bertz CT molecular complexity index is 2050. The van der Waals surface area contributed by atoms with Crippen LogP contribution in [0.3, 0.4) is 0 Å². The molecule has 0 heterocycles. The zero-order chi connectivity index (χ0) is 42.0. The molecular weight excluding hydrogens is 760 g/mol. The van der Waals surface area contributed by atoms with Crippen LogP contribution in [0.15, 0.2) is 72.8 Å². The number of aliphatic hydroxyl groups excluding tert-OH is 1. The van der Waals surface area contributed by atoms with Crippen molar-refractivity contribution >= 4 is 54.0 Å². The Morgan fingerprint density at radius 2 is 1.00 bits per heavy atom. The first-order chi connectivity index (χ1) is 26.8. The number of carboxylic acids is 2. The minimum Gasteiger partial charge on any atom is -0.504 e. The molecule has 1 fully saturated rings. The largest absolute Gasteiger partial charge is 0.504 e. The second-order valence-corrected chi connectivity index (χ2v) is 12.3. The number of esters is 4. The van der Waals surface area contributed by atoms with Crippen molar-refractivity contribution in [2.45, 2.75) is 49.3 Å². The molecule has 300 valence electrons. The van der Waals surface area contributed by atoms with Crippen LogP contribution in [0.1, 0.15) is 36.0 Å². The minimum atomic E-state index is -2.76. The van der Waals surface area contributed by atoms with Crippen molar-refractivity contribution < 1.29 is 93.7 Å². The number of phenols is 6. The quantitative estimate of drug-likeness (QED) is 0.0488. The van der Waals surface area contributed by atoms with Crippen molar-refractivity contribution in [1.82, 2.24) is 0 Å². The average molecular weight is 795 g/mol. The third-order valence-corrected chi connectivity index (χ3v) is 8.18. The van der Waals surface area contributed by atoms with E-state index < -0.39 is 120 Å². The standard InChI is InChI=1S/C38H34O19/c39-22-7-1-19(13-25(22)42)4-10-31(45)54-28(36(50)51)16-34(48)57-38(37(52)53)17-29(55-32(46)11-5-20-2-8-23(40)26(43)14-20)35(49)30(18-38)56-33(47)12-6-21-3-9-24(41)27(44)15-21/h1-15,28-30,35,39-44,49H,16-18H2,(H,50,51)(H,52,53). The third kappa shape index (κ3) is 11.5. The van der Waals surface area contributed by atoms with Gasteiger partial charge in [0, 0.05) is 31.1 Å². The van der Waals surface area contributed by atoms with E-state index in [1.165, 1.54) is 18.2 Å². The van der Waals surface area contributed by atoms with Gasteiger partial charge in [0.1, 0.15) is 18.3 Å². The third-order valence-electron chi connectivity index (χ3n) is 8.18. The fourth-order valence-electron chi connectivity index (χ4n) is 5.31. The predicted octanol–water partition coefficient (Wildman–Crippen LogP) is 2.09. The van der Waals surface area contributed by atoms with E-state index in [-0.39, 0.29) is 16.7 Å². The number of benzene rings is 3. The summed E-state index contributed by atoms with van der Waals surface area (Å²) in [4.78, 5) is 75.9. The first-order valence-corrected chi connectivity index (χ1v) is 16.4. The van der Waals surface area contributed by atoms with Crippen LogP contribution < -0.4 is 0 Å². The van der Waals surface area contributed by atoms with Crippen LogP contribution in [0.2, 0.25) is 0 Å². The van der Waals surface area contributed by atoms with Crippen LogP contribution in [0.25, 0.3) is 18.2 Å². The van der Waals surface area contributed by atoms with Crippen LogP contribution in [-0.2, 0) is 47.7 Å². The second kappa shape index (κ2) is 18.2. The Morgan fingerprint density at radius 1 is 0.614 bits per heavy atom. The summed E-state index contributed by atoms with van der Waals surface area (Å²) in [5.74, 6) is -11.9. The Hall–Kier alpha value is -7.54. The first-order valence-electron chi connectivity index (χ1n) is 16.4. The number of carboxylic acid groups (broad SMARTS) is 2.